The van der Waals surface area contributed by atoms with Crippen LogP contribution in [-0.2, 0) is 9.84 Å². The van der Waals surface area contributed by atoms with Crippen LogP contribution in [0.1, 0.15) is 27.8 Å². The second kappa shape index (κ2) is 5.38. The third-order valence-corrected chi connectivity index (χ3v) is 6.06. The Bertz CT molecular complexity index is 1160. The summed E-state index contributed by atoms with van der Waals surface area (Å²) in [6.45, 7) is 0. The monoisotopic (exact) mass is 355 g/mol. The molecule has 0 spiro atoms. The molecule has 0 radical (unpaired) electrons. The Morgan fingerprint density at radius 2 is 1.84 bits per heavy atom. The summed E-state index contributed by atoms with van der Waals surface area (Å²) in [7, 11) is -4.02. The van der Waals surface area contributed by atoms with Gasteiger partial charge in [-0.25, -0.2) is 8.42 Å². The van der Waals surface area contributed by atoms with Gasteiger partial charge in [0.1, 0.15) is 4.91 Å². The molecule has 25 heavy (non-hydrogen) atoms. The van der Waals surface area contributed by atoms with Gasteiger partial charge in [0, 0.05) is 33.8 Å². The fourth-order valence-electron chi connectivity index (χ4n) is 2.98. The highest BCUT2D eigenvalue weighted by Crippen LogP contribution is 2.37. The molecule has 0 amide bonds. The zero-order chi connectivity index (χ0) is 17.8. The van der Waals surface area contributed by atoms with Gasteiger partial charge in [-0.3, -0.25) is 4.79 Å². The number of nitrogens with one attached hydrogen (secondary N) is 1. The van der Waals surface area contributed by atoms with Crippen LogP contribution in [0.25, 0.3) is 17.0 Å². The van der Waals surface area contributed by atoms with Crippen molar-refractivity contribution in [3.63, 3.8) is 0 Å². The number of aliphatic hydroxyl groups excluding tert-OH is 1. The highest BCUT2D eigenvalue weighted by Gasteiger charge is 2.39. The largest absolute Gasteiger partial charge is 0.364 e. The molecule has 0 fully saturated rings. The van der Waals surface area contributed by atoms with Crippen LogP contribution in [-0.4, -0.2) is 29.4 Å². The molecule has 2 aromatic carbocycles. The molecule has 4 rings (SSSR count). The van der Waals surface area contributed by atoms with Crippen LogP contribution in [0.3, 0.4) is 0 Å². The van der Waals surface area contributed by atoms with E-state index in [1.54, 1.807) is 6.20 Å². The van der Waals surface area contributed by atoms with Gasteiger partial charge < -0.3 is 15.2 Å². The Kier molecular flexibility index (Phi) is 3.40. The predicted octanol–water partition coefficient (Wildman–Crippen LogP) is 2.16. The van der Waals surface area contributed by atoms with Crippen molar-refractivity contribution in [2.45, 2.75) is 11.2 Å². The van der Waals surface area contributed by atoms with Crippen molar-refractivity contribution in [2.24, 2.45) is 0 Å². The van der Waals surface area contributed by atoms with E-state index in [9.17, 15) is 23.4 Å². The van der Waals surface area contributed by atoms with Crippen LogP contribution in [0.2, 0.25) is 0 Å². The van der Waals surface area contributed by atoms with Gasteiger partial charge in [-0.05, 0) is 24.3 Å². The minimum atomic E-state index is -4.02. The molecule has 3 aromatic rings. The van der Waals surface area contributed by atoms with Crippen LogP contribution in [0.4, 0.5) is 0 Å². The van der Waals surface area contributed by atoms with Gasteiger partial charge in [0.05, 0.1) is 4.90 Å². The lowest BCUT2D eigenvalue weighted by atomic mass is 10.1. The maximum absolute atomic E-state index is 12.8. The topological polar surface area (TPSA) is 107 Å². The quantitative estimate of drug-likeness (QED) is 0.482. The van der Waals surface area contributed by atoms with E-state index in [4.69, 9.17) is 0 Å². The molecule has 1 aromatic heterocycles. The Morgan fingerprint density at radius 1 is 1.08 bits per heavy atom. The summed E-state index contributed by atoms with van der Waals surface area (Å²) in [5.74, 6) is -0.598. The summed E-state index contributed by atoms with van der Waals surface area (Å²) in [5, 5.41) is 19.3. The van der Waals surface area contributed by atoms with Gasteiger partial charge in [0.25, 0.3) is 0 Å². The Balaban J connectivity index is 1.91. The standard InChI is InChI=1S/C18H13NO5S/c20-17-13-6-5-10(18(21)22)7-15(13)25(23,24)16(17)8-11-9-19-14-4-2-1-3-12(11)14/h1-9,18-19,21-22H/b16-8-. The highest BCUT2D eigenvalue weighted by atomic mass is 32.2. The average molecular weight is 355 g/mol. The maximum atomic E-state index is 12.8. The molecule has 126 valence electrons. The molecule has 0 bridgehead atoms. The molecular formula is C18H13NO5S. The molecule has 3 N–H and O–H groups in total. The lowest BCUT2D eigenvalue weighted by Gasteiger charge is -2.04. The number of Topliss-reactive ketones (excluding diaryl/α,β-unsaturated/α-hetero) is 1. The summed E-state index contributed by atoms with van der Waals surface area (Å²) in [5.41, 5.74) is 1.48. The first kappa shape index (κ1) is 15.8. The molecule has 0 aliphatic carbocycles. The number of benzene rings is 2. The lowest BCUT2D eigenvalue weighted by Crippen LogP contribution is -2.02. The number of para-hydroxylation sites is 1. The number of fused-ring (bicyclic) bond motifs is 2. The van der Waals surface area contributed by atoms with Gasteiger partial charge in [-0.2, -0.15) is 0 Å². The molecule has 6 nitrogen and oxygen atoms in total. The molecule has 1 aliphatic rings. The number of rotatable bonds is 2. The van der Waals surface area contributed by atoms with Gasteiger partial charge in [-0.15, -0.1) is 0 Å². The first-order chi connectivity index (χ1) is 11.9. The van der Waals surface area contributed by atoms with Crippen molar-refractivity contribution in [2.75, 3.05) is 0 Å². The number of aromatic amines is 1. The summed E-state index contributed by atoms with van der Waals surface area (Å²) in [6, 6.07) is 11.1. The molecule has 1 aliphatic heterocycles. The van der Waals surface area contributed by atoms with E-state index in [1.807, 2.05) is 24.3 Å². The molecule has 0 saturated carbocycles. The van der Waals surface area contributed by atoms with E-state index >= 15 is 0 Å². The van der Waals surface area contributed by atoms with Gasteiger partial charge in [-0.1, -0.05) is 24.3 Å². The summed E-state index contributed by atoms with van der Waals surface area (Å²) >= 11 is 0. The number of aliphatic hydroxyl groups is 2. The molecule has 7 heteroatoms. The van der Waals surface area contributed by atoms with E-state index in [-0.39, 0.29) is 20.9 Å². The van der Waals surface area contributed by atoms with E-state index < -0.39 is 21.9 Å². The SMILES string of the molecule is O=C1/C(=C/c2c[nH]c3ccccc23)S(=O)(=O)c2cc(C(O)O)ccc21. The van der Waals surface area contributed by atoms with Crippen LogP contribution < -0.4 is 0 Å². The Hall–Kier alpha value is -2.74. The van der Waals surface area contributed by atoms with Gasteiger partial charge in [0.2, 0.25) is 15.6 Å². The smallest absolute Gasteiger partial charge is 0.211 e. The number of carbonyl (C=O) groups excluding carboxylic acids is 1. The fraction of sp³-hybridized carbons (Fsp3) is 0.0556. The van der Waals surface area contributed by atoms with Crippen LogP contribution in [0.5, 0.6) is 0 Å². The number of ketones is 1. The van der Waals surface area contributed by atoms with Crippen molar-refractivity contribution in [1.29, 1.82) is 0 Å². The Morgan fingerprint density at radius 3 is 2.60 bits per heavy atom. The summed E-state index contributed by atoms with van der Waals surface area (Å²) < 4.78 is 25.5. The number of sulfone groups is 1. The number of allylic oxidation sites excluding steroid dienone is 1. The number of H-pyrrole nitrogens is 1. The summed E-state index contributed by atoms with van der Waals surface area (Å²) in [6.07, 6.45) is 1.19. The van der Waals surface area contributed by atoms with Gasteiger partial charge >= 0.3 is 0 Å². The first-order valence-corrected chi connectivity index (χ1v) is 8.95. The molecular weight excluding hydrogens is 342 g/mol. The lowest BCUT2D eigenvalue weighted by molar-refractivity contribution is -0.0426. The summed E-state index contributed by atoms with van der Waals surface area (Å²) in [4.78, 5) is 15.1. The fourth-order valence-corrected chi connectivity index (χ4v) is 4.59. The molecule has 2 heterocycles. The third-order valence-electron chi connectivity index (χ3n) is 4.26. The number of hydrogen-bond acceptors (Lipinski definition) is 5. The van der Waals surface area contributed by atoms with Crippen molar-refractivity contribution in [3.05, 3.63) is 70.3 Å². The van der Waals surface area contributed by atoms with Crippen LogP contribution in [0, 0.1) is 0 Å². The minimum Gasteiger partial charge on any atom is -0.364 e. The van der Waals surface area contributed by atoms with Crippen LogP contribution in [0.15, 0.2) is 58.5 Å². The van der Waals surface area contributed by atoms with Gasteiger partial charge in [0.15, 0.2) is 6.29 Å². The minimum absolute atomic E-state index is 0.0171. The molecule has 0 atom stereocenters. The average Bonchev–Trinajstić information content (AvgIpc) is 3.08. The van der Waals surface area contributed by atoms with Crippen molar-refractivity contribution < 1.29 is 23.4 Å². The van der Waals surface area contributed by atoms with Crippen molar-refractivity contribution in [3.8, 4) is 0 Å². The maximum Gasteiger partial charge on any atom is 0.211 e. The second-order valence-corrected chi connectivity index (χ2v) is 7.65. The van der Waals surface area contributed by atoms with E-state index in [2.05, 4.69) is 4.98 Å². The third kappa shape index (κ3) is 2.32. The number of aromatic nitrogens is 1. The van der Waals surface area contributed by atoms with Crippen LogP contribution >= 0.6 is 0 Å². The van der Waals surface area contributed by atoms with E-state index in [1.165, 1.54) is 18.2 Å². The highest BCUT2D eigenvalue weighted by molar-refractivity contribution is 7.97. The normalized spacial score (nSPS) is 17.6. The molecule has 0 unspecified atom stereocenters. The number of hydrogen-bond donors (Lipinski definition) is 3. The second-order valence-electron chi connectivity index (χ2n) is 5.76. The molecule has 0 saturated heterocycles. The zero-order valence-electron chi connectivity index (χ0n) is 12.8. The van der Waals surface area contributed by atoms with Crippen molar-refractivity contribution >= 4 is 32.6 Å². The predicted molar refractivity (Wildman–Crippen MR) is 91.4 cm³/mol. The Labute approximate surface area is 143 Å². The first-order valence-electron chi connectivity index (χ1n) is 7.47. The number of carbonyl (C=O) groups is 1. The van der Waals surface area contributed by atoms with E-state index in [0.29, 0.717) is 5.56 Å². The van der Waals surface area contributed by atoms with Crippen molar-refractivity contribution in [1.82, 2.24) is 4.98 Å². The zero-order valence-corrected chi connectivity index (χ0v) is 13.6. The van der Waals surface area contributed by atoms with E-state index in [0.717, 1.165) is 17.0 Å².